The molecule has 2 heterocycles. The average Bonchev–Trinajstić information content (AvgIpc) is 2.76. The largest absolute Gasteiger partial charge is 0.354 e. The summed E-state index contributed by atoms with van der Waals surface area (Å²) in [4.78, 5) is 11.5. The van der Waals surface area contributed by atoms with Crippen LogP contribution < -0.4 is 10.2 Å². The van der Waals surface area contributed by atoms with Crippen LogP contribution in [0.2, 0.25) is 10.0 Å². The van der Waals surface area contributed by atoms with Crippen molar-refractivity contribution in [2.75, 3.05) is 36.4 Å². The molecule has 0 radical (unpaired) electrons. The standard InChI is InChI=1S/C22H29Cl2N5O2S/c1-15-12-20(19(24)14-18(15)23)32(30,31)29-10-8-28(9-11-29)21-13-16(2)25-22(27-21)26-17-6-4-3-5-7-17/h12-14,17H,3-11H2,1-2H3,(H,25,26,27). The van der Waals surface area contributed by atoms with Crippen molar-refractivity contribution in [3.05, 3.63) is 39.5 Å². The van der Waals surface area contributed by atoms with Crippen LogP contribution in [-0.2, 0) is 10.0 Å². The van der Waals surface area contributed by atoms with E-state index in [9.17, 15) is 8.42 Å². The van der Waals surface area contributed by atoms with Crippen LogP contribution >= 0.6 is 23.2 Å². The lowest BCUT2D eigenvalue weighted by Crippen LogP contribution is -2.49. The van der Waals surface area contributed by atoms with Crippen molar-refractivity contribution in [1.82, 2.24) is 14.3 Å². The van der Waals surface area contributed by atoms with Crippen molar-refractivity contribution in [3.8, 4) is 0 Å². The Morgan fingerprint density at radius 3 is 2.31 bits per heavy atom. The van der Waals surface area contributed by atoms with E-state index in [4.69, 9.17) is 28.2 Å². The Bertz CT molecular complexity index is 1080. The van der Waals surface area contributed by atoms with Crippen LogP contribution in [0.15, 0.2) is 23.1 Å². The number of hydrogen-bond donors (Lipinski definition) is 1. The molecule has 1 aliphatic heterocycles. The van der Waals surface area contributed by atoms with Crippen LogP contribution in [0.3, 0.4) is 0 Å². The maximum Gasteiger partial charge on any atom is 0.244 e. The van der Waals surface area contributed by atoms with Crippen molar-refractivity contribution >= 4 is 45.0 Å². The minimum atomic E-state index is -3.70. The van der Waals surface area contributed by atoms with Crippen LogP contribution in [0.25, 0.3) is 0 Å². The van der Waals surface area contributed by atoms with Gasteiger partial charge < -0.3 is 10.2 Å². The van der Waals surface area contributed by atoms with Gasteiger partial charge in [-0.05, 0) is 44.4 Å². The van der Waals surface area contributed by atoms with Crippen LogP contribution in [0.1, 0.15) is 43.4 Å². The van der Waals surface area contributed by atoms with Gasteiger partial charge >= 0.3 is 0 Å². The van der Waals surface area contributed by atoms with E-state index in [1.807, 2.05) is 13.0 Å². The number of halogens is 2. The van der Waals surface area contributed by atoms with Crippen molar-refractivity contribution in [2.45, 2.75) is 56.9 Å². The summed E-state index contributed by atoms with van der Waals surface area (Å²) in [5.41, 5.74) is 1.58. The van der Waals surface area contributed by atoms with E-state index in [1.165, 1.54) is 29.6 Å². The number of sulfonamides is 1. The summed E-state index contributed by atoms with van der Waals surface area (Å²) in [5.74, 6) is 1.48. The third-order valence-electron chi connectivity index (χ3n) is 6.17. The van der Waals surface area contributed by atoms with E-state index in [0.717, 1.165) is 24.4 Å². The molecule has 2 aliphatic rings. The second kappa shape index (κ2) is 9.71. The Morgan fingerprint density at radius 2 is 1.62 bits per heavy atom. The molecule has 174 valence electrons. The number of piperazine rings is 1. The summed E-state index contributed by atoms with van der Waals surface area (Å²) in [6.07, 6.45) is 6.08. The molecular formula is C22H29Cl2N5O2S. The molecule has 1 aliphatic carbocycles. The zero-order chi connectivity index (χ0) is 22.9. The highest BCUT2D eigenvalue weighted by Gasteiger charge is 2.31. The van der Waals surface area contributed by atoms with Crippen LogP contribution in [0.4, 0.5) is 11.8 Å². The van der Waals surface area contributed by atoms with Gasteiger partial charge in [0.2, 0.25) is 16.0 Å². The third-order valence-corrected chi connectivity index (χ3v) is 8.94. The van der Waals surface area contributed by atoms with Gasteiger partial charge in [-0.15, -0.1) is 0 Å². The average molecular weight is 498 g/mol. The van der Waals surface area contributed by atoms with Gasteiger partial charge in [-0.25, -0.2) is 13.4 Å². The molecule has 2 aromatic rings. The van der Waals surface area contributed by atoms with Crippen molar-refractivity contribution in [2.24, 2.45) is 0 Å². The topological polar surface area (TPSA) is 78.4 Å². The third kappa shape index (κ3) is 5.14. The fraction of sp³-hybridized carbons (Fsp3) is 0.545. The molecule has 32 heavy (non-hydrogen) atoms. The number of nitrogens with one attached hydrogen (secondary N) is 1. The first-order chi connectivity index (χ1) is 15.2. The van der Waals surface area contributed by atoms with Gasteiger partial charge in [-0.3, -0.25) is 0 Å². The Balaban J connectivity index is 1.46. The van der Waals surface area contributed by atoms with Crippen LogP contribution in [0.5, 0.6) is 0 Å². The molecule has 1 aromatic heterocycles. The zero-order valence-electron chi connectivity index (χ0n) is 18.4. The normalized spacial score (nSPS) is 18.7. The first-order valence-electron chi connectivity index (χ1n) is 11.1. The van der Waals surface area contributed by atoms with Gasteiger partial charge in [0.15, 0.2) is 0 Å². The monoisotopic (exact) mass is 497 g/mol. The minimum absolute atomic E-state index is 0.103. The number of nitrogens with zero attached hydrogens (tertiary/aromatic N) is 4. The van der Waals surface area contributed by atoms with Crippen molar-refractivity contribution < 1.29 is 8.42 Å². The Kier molecular flexibility index (Phi) is 7.14. The van der Waals surface area contributed by atoms with Gasteiger partial charge in [0.25, 0.3) is 0 Å². The predicted octanol–water partition coefficient (Wildman–Crippen LogP) is 4.66. The van der Waals surface area contributed by atoms with Crippen LogP contribution in [0, 0.1) is 13.8 Å². The quantitative estimate of drug-likeness (QED) is 0.647. The van der Waals surface area contributed by atoms with Gasteiger partial charge in [0.05, 0.1) is 5.02 Å². The Labute approximate surface area is 200 Å². The highest BCUT2D eigenvalue weighted by molar-refractivity contribution is 7.89. The van der Waals surface area contributed by atoms with Gasteiger partial charge in [0.1, 0.15) is 10.7 Å². The summed E-state index contributed by atoms with van der Waals surface area (Å²) < 4.78 is 27.9. The van der Waals surface area contributed by atoms with Gasteiger partial charge in [-0.2, -0.15) is 9.29 Å². The molecule has 1 saturated heterocycles. The molecule has 1 saturated carbocycles. The maximum atomic E-state index is 13.2. The van der Waals surface area contributed by atoms with E-state index < -0.39 is 10.0 Å². The molecular weight excluding hydrogens is 469 g/mol. The van der Waals surface area contributed by atoms with Crippen molar-refractivity contribution in [1.29, 1.82) is 0 Å². The summed E-state index contributed by atoms with van der Waals surface area (Å²) in [6.45, 7) is 5.53. The highest BCUT2D eigenvalue weighted by Crippen LogP contribution is 2.31. The molecule has 4 rings (SSSR count). The summed E-state index contributed by atoms with van der Waals surface area (Å²) in [7, 11) is -3.70. The fourth-order valence-corrected chi connectivity index (χ4v) is 6.56. The fourth-order valence-electron chi connectivity index (χ4n) is 4.33. The Morgan fingerprint density at radius 1 is 0.938 bits per heavy atom. The minimum Gasteiger partial charge on any atom is -0.354 e. The first kappa shape index (κ1) is 23.5. The SMILES string of the molecule is Cc1cc(N2CCN(S(=O)(=O)c3cc(C)c(Cl)cc3Cl)CC2)nc(NC2CCCCC2)n1. The molecule has 1 aromatic carbocycles. The van der Waals surface area contributed by atoms with E-state index in [0.29, 0.717) is 48.8 Å². The number of rotatable bonds is 5. The second-order valence-corrected chi connectivity index (χ2v) is 11.3. The summed E-state index contributed by atoms with van der Waals surface area (Å²) in [5, 5.41) is 4.09. The molecule has 1 N–H and O–H groups in total. The molecule has 0 amide bonds. The zero-order valence-corrected chi connectivity index (χ0v) is 20.8. The number of anilines is 2. The summed E-state index contributed by atoms with van der Waals surface area (Å²) >= 11 is 12.3. The van der Waals surface area contributed by atoms with Gasteiger partial charge in [-0.1, -0.05) is 42.5 Å². The van der Waals surface area contributed by atoms with E-state index in [2.05, 4.69) is 15.2 Å². The molecule has 0 spiro atoms. The predicted molar refractivity (Wildman–Crippen MR) is 129 cm³/mol. The van der Waals surface area contributed by atoms with Gasteiger partial charge in [0, 0.05) is 49.0 Å². The lowest BCUT2D eigenvalue weighted by molar-refractivity contribution is 0.383. The summed E-state index contributed by atoms with van der Waals surface area (Å²) in [6, 6.07) is 5.42. The molecule has 7 nitrogen and oxygen atoms in total. The molecule has 0 bridgehead atoms. The Hall–Kier alpha value is -1.61. The highest BCUT2D eigenvalue weighted by atomic mass is 35.5. The van der Waals surface area contributed by atoms with Crippen molar-refractivity contribution in [3.63, 3.8) is 0 Å². The molecule has 0 unspecified atom stereocenters. The number of benzene rings is 1. The maximum absolute atomic E-state index is 13.2. The van der Waals surface area contributed by atoms with E-state index in [1.54, 1.807) is 13.0 Å². The lowest BCUT2D eigenvalue weighted by atomic mass is 9.96. The number of aryl methyl sites for hydroxylation is 2. The van der Waals surface area contributed by atoms with E-state index in [-0.39, 0.29) is 9.92 Å². The lowest BCUT2D eigenvalue weighted by Gasteiger charge is -2.35. The van der Waals surface area contributed by atoms with E-state index >= 15 is 0 Å². The second-order valence-electron chi connectivity index (χ2n) is 8.59. The molecule has 10 heteroatoms. The molecule has 2 fully saturated rings. The first-order valence-corrected chi connectivity index (χ1v) is 13.3. The number of hydrogen-bond acceptors (Lipinski definition) is 6. The number of aromatic nitrogens is 2. The smallest absolute Gasteiger partial charge is 0.244 e. The molecule has 0 atom stereocenters. The van der Waals surface area contributed by atoms with Crippen LogP contribution in [-0.4, -0.2) is 54.9 Å².